The van der Waals surface area contributed by atoms with Crippen molar-refractivity contribution in [3.8, 4) is 5.75 Å². The van der Waals surface area contributed by atoms with Crippen LogP contribution in [0.3, 0.4) is 0 Å². The third-order valence-corrected chi connectivity index (χ3v) is 6.80. The van der Waals surface area contributed by atoms with E-state index in [1.165, 1.54) is 6.07 Å². The zero-order valence-corrected chi connectivity index (χ0v) is 19.3. The van der Waals surface area contributed by atoms with Gasteiger partial charge in [0.1, 0.15) is 11.6 Å². The Bertz CT molecular complexity index is 964. The van der Waals surface area contributed by atoms with Crippen molar-refractivity contribution in [3.05, 3.63) is 53.3 Å². The minimum absolute atomic E-state index is 0.0924. The Kier molecular flexibility index (Phi) is 6.99. The molecule has 1 amide bonds. The van der Waals surface area contributed by atoms with Crippen LogP contribution in [-0.4, -0.2) is 45.4 Å². The van der Waals surface area contributed by atoms with E-state index in [-0.39, 0.29) is 17.8 Å². The number of ether oxygens (including phenoxy) is 2. The molecule has 2 aliphatic rings. The molecule has 2 aromatic carbocycles. The van der Waals surface area contributed by atoms with E-state index >= 15 is 0 Å². The number of hydrogen-bond acceptors (Lipinski definition) is 4. The molecular formula is C26H33FN2O3. The molecule has 0 bridgehead atoms. The highest BCUT2D eigenvalue weighted by Crippen LogP contribution is 2.32. The number of halogens is 1. The van der Waals surface area contributed by atoms with Crippen LogP contribution in [0.25, 0.3) is 0 Å². The summed E-state index contributed by atoms with van der Waals surface area (Å²) in [7, 11) is 1.69. The van der Waals surface area contributed by atoms with Crippen LogP contribution in [-0.2, 0) is 11.2 Å². The fourth-order valence-corrected chi connectivity index (χ4v) is 4.57. The molecule has 0 radical (unpaired) electrons. The number of rotatable bonds is 8. The van der Waals surface area contributed by atoms with Crippen LogP contribution in [0.15, 0.2) is 36.4 Å². The van der Waals surface area contributed by atoms with Gasteiger partial charge in [-0.05, 0) is 67.6 Å². The lowest BCUT2D eigenvalue weighted by molar-refractivity contribution is 0.0955. The normalized spacial score (nSPS) is 19.2. The smallest absolute Gasteiger partial charge is 0.258 e. The minimum atomic E-state index is -0.258. The van der Waals surface area contributed by atoms with Gasteiger partial charge in [0.2, 0.25) is 0 Å². The molecule has 172 valence electrons. The summed E-state index contributed by atoms with van der Waals surface area (Å²) in [5.41, 5.74) is 2.88. The lowest BCUT2D eigenvalue weighted by Gasteiger charge is -2.29. The van der Waals surface area contributed by atoms with Crippen LogP contribution >= 0.6 is 0 Å². The zero-order valence-electron chi connectivity index (χ0n) is 19.3. The standard InChI is InChI=1S/C26H33FN2O3/c1-4-19-9-12-28(17-19)25-8-5-21(16-24(25)27)29-13-10-20-15-22(6-7-23(20)26(29)30)32-14-11-18(2)31-3/h5-8,15-16,18-19H,4,9-14,17H2,1-3H3. The first-order valence-electron chi connectivity index (χ1n) is 11.6. The van der Waals surface area contributed by atoms with Crippen LogP contribution < -0.4 is 14.5 Å². The number of benzene rings is 2. The Morgan fingerprint density at radius 1 is 1.19 bits per heavy atom. The van der Waals surface area contributed by atoms with Gasteiger partial charge in [-0.1, -0.05) is 13.3 Å². The Labute approximate surface area is 190 Å². The monoisotopic (exact) mass is 440 g/mol. The maximum absolute atomic E-state index is 15.0. The molecule has 0 aromatic heterocycles. The van der Waals surface area contributed by atoms with Gasteiger partial charge in [-0.25, -0.2) is 4.39 Å². The number of nitrogens with zero attached hydrogens (tertiary/aromatic N) is 2. The average molecular weight is 441 g/mol. The highest BCUT2D eigenvalue weighted by molar-refractivity contribution is 6.08. The molecule has 0 aliphatic carbocycles. The Hall–Kier alpha value is -2.60. The molecule has 2 heterocycles. The quantitative estimate of drug-likeness (QED) is 0.575. The second-order valence-electron chi connectivity index (χ2n) is 8.85. The van der Waals surface area contributed by atoms with Gasteiger partial charge in [-0.3, -0.25) is 4.79 Å². The van der Waals surface area contributed by atoms with Gasteiger partial charge in [-0.2, -0.15) is 0 Å². The lowest BCUT2D eigenvalue weighted by Crippen LogP contribution is -2.37. The first kappa shape index (κ1) is 22.6. The molecule has 6 heteroatoms. The minimum Gasteiger partial charge on any atom is -0.493 e. The number of hydrogen-bond donors (Lipinski definition) is 0. The second kappa shape index (κ2) is 9.90. The molecule has 2 aliphatic heterocycles. The van der Waals surface area contributed by atoms with Gasteiger partial charge < -0.3 is 19.3 Å². The van der Waals surface area contributed by atoms with Crippen LogP contribution in [0.5, 0.6) is 5.75 Å². The highest BCUT2D eigenvalue weighted by atomic mass is 19.1. The van der Waals surface area contributed by atoms with Gasteiger partial charge in [-0.15, -0.1) is 0 Å². The summed E-state index contributed by atoms with van der Waals surface area (Å²) in [5, 5.41) is 0. The Morgan fingerprint density at radius 3 is 2.75 bits per heavy atom. The van der Waals surface area contributed by atoms with Gasteiger partial charge in [0.05, 0.1) is 18.4 Å². The average Bonchev–Trinajstić information content (AvgIpc) is 3.28. The molecule has 0 saturated carbocycles. The maximum Gasteiger partial charge on any atom is 0.258 e. The van der Waals surface area contributed by atoms with Crippen molar-refractivity contribution < 1.29 is 18.7 Å². The zero-order chi connectivity index (χ0) is 22.7. The SMILES string of the molecule is CCC1CCN(c2ccc(N3CCc4cc(OCCC(C)OC)ccc4C3=O)cc2F)C1. The van der Waals surface area contributed by atoms with E-state index in [4.69, 9.17) is 9.47 Å². The summed E-state index contributed by atoms with van der Waals surface area (Å²) in [6.45, 7) is 7.07. The van der Waals surface area contributed by atoms with E-state index in [1.807, 2.05) is 37.3 Å². The van der Waals surface area contributed by atoms with Gasteiger partial charge in [0.25, 0.3) is 5.91 Å². The molecule has 0 N–H and O–H groups in total. The molecule has 4 rings (SSSR count). The maximum atomic E-state index is 15.0. The summed E-state index contributed by atoms with van der Waals surface area (Å²) in [5.74, 6) is 1.04. The summed E-state index contributed by atoms with van der Waals surface area (Å²) in [6.07, 6.45) is 3.89. The lowest BCUT2D eigenvalue weighted by atomic mass is 9.98. The van der Waals surface area contributed by atoms with Crippen LogP contribution in [0, 0.1) is 11.7 Å². The number of fused-ring (bicyclic) bond motifs is 1. The third-order valence-electron chi connectivity index (χ3n) is 6.80. The number of methoxy groups -OCH3 is 1. The van der Waals surface area contributed by atoms with Crippen molar-refractivity contribution in [2.24, 2.45) is 5.92 Å². The fourth-order valence-electron chi connectivity index (χ4n) is 4.57. The third kappa shape index (κ3) is 4.75. The van der Waals surface area contributed by atoms with E-state index in [1.54, 1.807) is 12.0 Å². The molecule has 32 heavy (non-hydrogen) atoms. The predicted octanol–water partition coefficient (Wildman–Crippen LogP) is 5.07. The molecule has 5 nitrogen and oxygen atoms in total. The predicted molar refractivity (Wildman–Crippen MR) is 125 cm³/mol. The molecule has 2 unspecified atom stereocenters. The number of carbonyl (C=O) groups excluding carboxylic acids is 1. The molecule has 2 aromatic rings. The fraction of sp³-hybridized carbons (Fsp3) is 0.500. The molecule has 1 fully saturated rings. The van der Waals surface area contributed by atoms with Crippen molar-refractivity contribution in [2.45, 2.75) is 45.6 Å². The molecular weight excluding hydrogens is 407 g/mol. The largest absolute Gasteiger partial charge is 0.493 e. The second-order valence-corrected chi connectivity index (χ2v) is 8.85. The summed E-state index contributed by atoms with van der Waals surface area (Å²) in [6, 6.07) is 10.8. The van der Waals surface area contributed by atoms with Gasteiger partial charge >= 0.3 is 0 Å². The van der Waals surface area contributed by atoms with Gasteiger partial charge in [0, 0.05) is 44.4 Å². The first-order chi connectivity index (χ1) is 15.5. The van der Waals surface area contributed by atoms with Crippen molar-refractivity contribution in [2.75, 3.05) is 43.2 Å². The van der Waals surface area contributed by atoms with Crippen LogP contribution in [0.1, 0.15) is 49.0 Å². The van der Waals surface area contributed by atoms with Crippen molar-refractivity contribution in [3.63, 3.8) is 0 Å². The molecule has 1 saturated heterocycles. The van der Waals surface area contributed by atoms with E-state index in [9.17, 15) is 9.18 Å². The van der Waals surface area contributed by atoms with E-state index in [2.05, 4.69) is 11.8 Å². The van der Waals surface area contributed by atoms with Gasteiger partial charge in [0.15, 0.2) is 0 Å². The Balaban J connectivity index is 1.45. The number of anilines is 2. The van der Waals surface area contributed by atoms with E-state index in [0.717, 1.165) is 43.7 Å². The topological polar surface area (TPSA) is 42.0 Å². The van der Waals surface area contributed by atoms with E-state index in [0.29, 0.717) is 42.4 Å². The first-order valence-corrected chi connectivity index (χ1v) is 11.6. The highest BCUT2D eigenvalue weighted by Gasteiger charge is 2.28. The summed E-state index contributed by atoms with van der Waals surface area (Å²) in [4.78, 5) is 16.9. The number of amides is 1. The molecule has 0 spiro atoms. The van der Waals surface area contributed by atoms with Crippen LogP contribution in [0.2, 0.25) is 0 Å². The van der Waals surface area contributed by atoms with E-state index < -0.39 is 0 Å². The van der Waals surface area contributed by atoms with Crippen molar-refractivity contribution in [1.82, 2.24) is 0 Å². The number of carbonyl (C=O) groups is 1. The summed E-state index contributed by atoms with van der Waals surface area (Å²) < 4.78 is 26.0. The summed E-state index contributed by atoms with van der Waals surface area (Å²) >= 11 is 0. The molecule has 2 atom stereocenters. The Morgan fingerprint density at radius 2 is 2.03 bits per heavy atom. The van der Waals surface area contributed by atoms with Crippen molar-refractivity contribution >= 4 is 17.3 Å². The van der Waals surface area contributed by atoms with Crippen molar-refractivity contribution in [1.29, 1.82) is 0 Å². The van der Waals surface area contributed by atoms with Crippen LogP contribution in [0.4, 0.5) is 15.8 Å².